The number of benzene rings is 2. The molecular formula is C20H26FN3O3S. The monoisotopic (exact) mass is 407 g/mol. The molecule has 2 rings (SSSR count). The minimum Gasteiger partial charge on any atom is -0.486 e. The third-order valence-electron chi connectivity index (χ3n) is 3.86. The van der Waals surface area contributed by atoms with E-state index in [4.69, 9.17) is 4.74 Å². The summed E-state index contributed by atoms with van der Waals surface area (Å²) in [6, 6.07) is 13.7. The molecule has 0 aliphatic rings. The van der Waals surface area contributed by atoms with Gasteiger partial charge in [0.2, 0.25) is 0 Å². The molecule has 0 saturated heterocycles. The van der Waals surface area contributed by atoms with Crippen molar-refractivity contribution in [3.8, 4) is 5.75 Å². The number of ether oxygens (including phenoxy) is 1. The molecule has 0 saturated carbocycles. The number of rotatable bonds is 8. The van der Waals surface area contributed by atoms with Crippen molar-refractivity contribution in [1.82, 2.24) is 10.6 Å². The number of halogens is 1. The van der Waals surface area contributed by atoms with Crippen molar-refractivity contribution in [1.29, 1.82) is 0 Å². The van der Waals surface area contributed by atoms with E-state index in [0.29, 0.717) is 19.0 Å². The van der Waals surface area contributed by atoms with Gasteiger partial charge in [-0.25, -0.2) is 12.8 Å². The second-order valence-corrected chi connectivity index (χ2v) is 8.69. The Bertz CT molecular complexity index is 899. The normalized spacial score (nSPS) is 13.1. The van der Waals surface area contributed by atoms with Crippen LogP contribution >= 0.6 is 0 Å². The van der Waals surface area contributed by atoms with E-state index in [9.17, 15) is 12.8 Å². The summed E-state index contributed by atoms with van der Waals surface area (Å²) in [5.74, 6) is 0.443. The fraction of sp³-hybridized carbons (Fsp3) is 0.350. The first-order chi connectivity index (χ1) is 13.3. The Morgan fingerprint density at radius 3 is 2.36 bits per heavy atom. The summed E-state index contributed by atoms with van der Waals surface area (Å²) in [6.07, 6.45) is 0.959. The average Bonchev–Trinajstić information content (AvgIpc) is 2.64. The van der Waals surface area contributed by atoms with Gasteiger partial charge in [0.25, 0.3) is 0 Å². The summed E-state index contributed by atoms with van der Waals surface area (Å²) in [4.78, 5) is 4.15. The minimum atomic E-state index is -3.04. The maximum atomic E-state index is 13.6. The highest BCUT2D eigenvalue weighted by molar-refractivity contribution is 7.89. The predicted octanol–water partition coefficient (Wildman–Crippen LogP) is 2.50. The maximum absolute atomic E-state index is 13.6. The van der Waals surface area contributed by atoms with Gasteiger partial charge in [-0.2, -0.15) is 0 Å². The zero-order valence-corrected chi connectivity index (χ0v) is 17.1. The Hall–Kier alpha value is -2.61. The Morgan fingerprint density at radius 1 is 1.11 bits per heavy atom. The molecule has 0 amide bonds. The van der Waals surface area contributed by atoms with Crippen molar-refractivity contribution in [2.45, 2.75) is 25.3 Å². The zero-order chi connectivity index (χ0) is 20.6. The van der Waals surface area contributed by atoms with Gasteiger partial charge in [-0.05, 0) is 30.2 Å². The Labute approximate surface area is 165 Å². The number of guanidine groups is 1. The van der Waals surface area contributed by atoms with Crippen molar-refractivity contribution in [2.75, 3.05) is 19.8 Å². The fourth-order valence-corrected chi connectivity index (χ4v) is 3.30. The molecule has 0 fully saturated rings. The van der Waals surface area contributed by atoms with Crippen LogP contribution in [0.2, 0.25) is 0 Å². The Balaban J connectivity index is 1.80. The standard InChI is InChI=1S/C20H26FN3O3S/c1-15(27-19-7-5-4-6-18(19)21)12-23-20(22-2)24-13-16-8-10-17(11-9-16)14-28(3,25)26/h4-11,15H,12-14H2,1-3H3,(H2,22,23,24). The first kappa shape index (κ1) is 21.7. The molecule has 2 aromatic rings. The highest BCUT2D eigenvalue weighted by Crippen LogP contribution is 2.16. The maximum Gasteiger partial charge on any atom is 0.191 e. The van der Waals surface area contributed by atoms with E-state index in [-0.39, 0.29) is 17.6 Å². The molecule has 0 aliphatic heterocycles. The highest BCUT2D eigenvalue weighted by atomic mass is 32.2. The van der Waals surface area contributed by atoms with Gasteiger partial charge in [-0.15, -0.1) is 0 Å². The zero-order valence-electron chi connectivity index (χ0n) is 16.3. The molecule has 0 heterocycles. The number of hydrogen-bond acceptors (Lipinski definition) is 4. The topological polar surface area (TPSA) is 79.8 Å². The molecule has 8 heteroatoms. The van der Waals surface area contributed by atoms with Crippen LogP contribution in [0.1, 0.15) is 18.1 Å². The molecular weight excluding hydrogens is 381 g/mol. The van der Waals surface area contributed by atoms with Crippen molar-refractivity contribution in [3.63, 3.8) is 0 Å². The van der Waals surface area contributed by atoms with Crippen LogP contribution in [0.25, 0.3) is 0 Å². The van der Waals surface area contributed by atoms with E-state index in [1.807, 2.05) is 19.1 Å². The molecule has 0 aromatic heterocycles. The summed E-state index contributed by atoms with van der Waals surface area (Å²) in [7, 11) is -1.38. The molecule has 2 aromatic carbocycles. The molecule has 0 aliphatic carbocycles. The van der Waals surface area contributed by atoms with Crippen LogP contribution in [0.4, 0.5) is 4.39 Å². The van der Waals surface area contributed by atoms with E-state index in [0.717, 1.165) is 11.1 Å². The van der Waals surface area contributed by atoms with Crippen LogP contribution in [0, 0.1) is 5.82 Å². The number of hydrogen-bond donors (Lipinski definition) is 2. The van der Waals surface area contributed by atoms with Crippen LogP contribution in [0.5, 0.6) is 5.75 Å². The van der Waals surface area contributed by atoms with E-state index >= 15 is 0 Å². The van der Waals surface area contributed by atoms with E-state index in [2.05, 4.69) is 15.6 Å². The number of nitrogens with one attached hydrogen (secondary N) is 2. The molecule has 6 nitrogen and oxygen atoms in total. The quantitative estimate of drug-likeness (QED) is 0.519. The third kappa shape index (κ3) is 7.56. The summed E-state index contributed by atoms with van der Waals surface area (Å²) >= 11 is 0. The SMILES string of the molecule is CN=C(NCc1ccc(CS(C)(=O)=O)cc1)NCC(C)Oc1ccccc1F. The smallest absolute Gasteiger partial charge is 0.191 e. The van der Waals surface area contributed by atoms with Crippen molar-refractivity contribution in [3.05, 3.63) is 65.5 Å². The molecule has 28 heavy (non-hydrogen) atoms. The first-order valence-electron chi connectivity index (χ1n) is 8.88. The Morgan fingerprint density at radius 2 is 1.75 bits per heavy atom. The highest BCUT2D eigenvalue weighted by Gasteiger charge is 2.09. The largest absolute Gasteiger partial charge is 0.486 e. The second-order valence-electron chi connectivity index (χ2n) is 6.55. The lowest BCUT2D eigenvalue weighted by Gasteiger charge is -2.18. The minimum absolute atomic E-state index is 0.0316. The summed E-state index contributed by atoms with van der Waals surface area (Å²) in [6.45, 7) is 2.82. The fourth-order valence-electron chi connectivity index (χ4n) is 2.50. The van der Waals surface area contributed by atoms with E-state index in [1.165, 1.54) is 12.3 Å². The summed E-state index contributed by atoms with van der Waals surface area (Å²) < 4.78 is 41.9. The van der Waals surface area contributed by atoms with Crippen LogP contribution in [0.15, 0.2) is 53.5 Å². The lowest BCUT2D eigenvalue weighted by molar-refractivity contribution is 0.214. The number of para-hydroxylation sites is 1. The van der Waals surface area contributed by atoms with Gasteiger partial charge in [-0.3, -0.25) is 4.99 Å². The first-order valence-corrected chi connectivity index (χ1v) is 10.9. The van der Waals surface area contributed by atoms with E-state index < -0.39 is 15.7 Å². The van der Waals surface area contributed by atoms with Gasteiger partial charge in [0.15, 0.2) is 27.4 Å². The summed E-state index contributed by atoms with van der Waals surface area (Å²) in [5, 5.41) is 6.31. The van der Waals surface area contributed by atoms with Gasteiger partial charge in [0.1, 0.15) is 6.10 Å². The van der Waals surface area contributed by atoms with Gasteiger partial charge < -0.3 is 15.4 Å². The van der Waals surface area contributed by atoms with Gasteiger partial charge in [0.05, 0.1) is 12.3 Å². The van der Waals surface area contributed by atoms with Crippen molar-refractivity contribution in [2.24, 2.45) is 4.99 Å². The van der Waals surface area contributed by atoms with Crippen LogP contribution < -0.4 is 15.4 Å². The number of sulfone groups is 1. The lowest BCUT2D eigenvalue weighted by atomic mass is 10.1. The van der Waals surface area contributed by atoms with Crippen molar-refractivity contribution >= 4 is 15.8 Å². The molecule has 152 valence electrons. The molecule has 0 radical (unpaired) electrons. The molecule has 0 bridgehead atoms. The summed E-state index contributed by atoms with van der Waals surface area (Å²) in [5.41, 5.74) is 1.75. The van der Waals surface area contributed by atoms with Crippen LogP contribution in [-0.4, -0.2) is 40.3 Å². The van der Waals surface area contributed by atoms with Crippen LogP contribution in [0.3, 0.4) is 0 Å². The van der Waals surface area contributed by atoms with Gasteiger partial charge in [-0.1, -0.05) is 36.4 Å². The molecule has 1 unspecified atom stereocenters. The van der Waals surface area contributed by atoms with Gasteiger partial charge >= 0.3 is 0 Å². The molecule has 2 N–H and O–H groups in total. The second kappa shape index (κ2) is 10.1. The number of aliphatic imine (C=N–C) groups is 1. The van der Waals surface area contributed by atoms with E-state index in [1.54, 1.807) is 37.4 Å². The third-order valence-corrected chi connectivity index (χ3v) is 4.71. The van der Waals surface area contributed by atoms with Gasteiger partial charge in [0, 0.05) is 19.8 Å². The molecule has 0 spiro atoms. The average molecular weight is 408 g/mol. The molecule has 1 atom stereocenters. The number of nitrogens with zero attached hydrogens (tertiary/aromatic N) is 1. The lowest BCUT2D eigenvalue weighted by Crippen LogP contribution is -2.41. The van der Waals surface area contributed by atoms with Crippen molar-refractivity contribution < 1.29 is 17.5 Å². The predicted molar refractivity (Wildman–Crippen MR) is 110 cm³/mol. The Kier molecular flexibility index (Phi) is 7.80. The van der Waals surface area contributed by atoms with Crippen LogP contribution in [-0.2, 0) is 22.1 Å².